The maximum absolute atomic E-state index is 12.9. The predicted molar refractivity (Wildman–Crippen MR) is 96.8 cm³/mol. The van der Waals surface area contributed by atoms with Crippen molar-refractivity contribution in [2.24, 2.45) is 0 Å². The number of carbonyl (C=O) groups excluding carboxylic acids is 1. The number of hydrogen-bond donors (Lipinski definition) is 2. The van der Waals surface area contributed by atoms with Crippen molar-refractivity contribution in [3.05, 3.63) is 35.0 Å². The largest absolute Gasteiger partial charge is 0.390 e. The van der Waals surface area contributed by atoms with Crippen molar-refractivity contribution in [1.29, 1.82) is 0 Å². The number of likely N-dealkylation sites (tertiary alicyclic amines) is 1. The molecular formula is C20H26N2O3. The second-order valence-corrected chi connectivity index (χ2v) is 7.50. The van der Waals surface area contributed by atoms with Gasteiger partial charge in [0, 0.05) is 41.9 Å². The highest BCUT2D eigenvalue weighted by atomic mass is 16.5. The van der Waals surface area contributed by atoms with E-state index < -0.39 is 11.7 Å². The minimum atomic E-state index is -0.437. The first-order chi connectivity index (χ1) is 12.0. The van der Waals surface area contributed by atoms with E-state index in [0.717, 1.165) is 35.0 Å². The lowest BCUT2D eigenvalue weighted by atomic mass is 9.82. The SMILES string of the molecule is Cc1[nH]c2ccc(C(=O)N3CCC4(CC3)OCCCC4O)cc2c1C. The lowest BCUT2D eigenvalue weighted by Crippen LogP contribution is -2.56. The predicted octanol–water partition coefficient (Wildman–Crippen LogP) is 2.93. The van der Waals surface area contributed by atoms with E-state index in [4.69, 9.17) is 4.74 Å². The van der Waals surface area contributed by atoms with Gasteiger partial charge in [-0.25, -0.2) is 0 Å². The monoisotopic (exact) mass is 342 g/mol. The third kappa shape index (κ3) is 2.75. The lowest BCUT2D eigenvalue weighted by Gasteiger charge is -2.46. The summed E-state index contributed by atoms with van der Waals surface area (Å²) in [4.78, 5) is 18.2. The third-order valence-corrected chi connectivity index (χ3v) is 6.07. The van der Waals surface area contributed by atoms with Crippen LogP contribution in [0, 0.1) is 13.8 Å². The molecule has 5 nitrogen and oxygen atoms in total. The van der Waals surface area contributed by atoms with Crippen LogP contribution in [0.5, 0.6) is 0 Å². The van der Waals surface area contributed by atoms with Crippen LogP contribution in [0.15, 0.2) is 18.2 Å². The van der Waals surface area contributed by atoms with E-state index in [9.17, 15) is 9.90 Å². The molecule has 4 rings (SSSR count). The molecule has 2 N–H and O–H groups in total. The Kier molecular flexibility index (Phi) is 4.08. The summed E-state index contributed by atoms with van der Waals surface area (Å²) in [5.74, 6) is 0.0697. The van der Waals surface area contributed by atoms with Crippen LogP contribution in [0.1, 0.15) is 47.3 Å². The van der Waals surface area contributed by atoms with E-state index in [-0.39, 0.29) is 5.91 Å². The molecule has 1 aromatic heterocycles. The molecule has 25 heavy (non-hydrogen) atoms. The van der Waals surface area contributed by atoms with Gasteiger partial charge in [0.15, 0.2) is 0 Å². The number of fused-ring (bicyclic) bond motifs is 1. The van der Waals surface area contributed by atoms with Crippen molar-refractivity contribution in [2.75, 3.05) is 19.7 Å². The smallest absolute Gasteiger partial charge is 0.253 e. The van der Waals surface area contributed by atoms with E-state index in [0.29, 0.717) is 32.5 Å². The van der Waals surface area contributed by atoms with Gasteiger partial charge in [-0.2, -0.15) is 0 Å². The number of carbonyl (C=O) groups is 1. The second-order valence-electron chi connectivity index (χ2n) is 7.50. The van der Waals surface area contributed by atoms with Gasteiger partial charge in [-0.3, -0.25) is 4.79 Å². The molecule has 2 aromatic rings. The molecule has 2 saturated heterocycles. The average molecular weight is 342 g/mol. The maximum atomic E-state index is 12.9. The fourth-order valence-corrected chi connectivity index (χ4v) is 4.25. The van der Waals surface area contributed by atoms with Crippen molar-refractivity contribution in [3.63, 3.8) is 0 Å². The molecule has 134 valence electrons. The van der Waals surface area contributed by atoms with E-state index >= 15 is 0 Å². The summed E-state index contributed by atoms with van der Waals surface area (Å²) in [7, 11) is 0. The highest BCUT2D eigenvalue weighted by Gasteiger charge is 2.44. The van der Waals surface area contributed by atoms with E-state index in [1.807, 2.05) is 23.1 Å². The molecule has 1 aromatic carbocycles. The highest BCUT2D eigenvalue weighted by Crippen LogP contribution is 2.35. The standard InChI is InChI=1S/C20H26N2O3/c1-13-14(2)21-17-6-5-15(12-16(13)17)19(24)22-9-7-20(8-10-22)18(23)4-3-11-25-20/h5-6,12,18,21,23H,3-4,7-11H2,1-2H3. The van der Waals surface area contributed by atoms with Gasteiger partial charge in [-0.05, 0) is 63.3 Å². The zero-order chi connectivity index (χ0) is 17.6. The van der Waals surface area contributed by atoms with Crippen molar-refractivity contribution >= 4 is 16.8 Å². The lowest BCUT2D eigenvalue weighted by molar-refractivity contribution is -0.174. The third-order valence-electron chi connectivity index (χ3n) is 6.07. The number of rotatable bonds is 1. The molecule has 2 aliphatic rings. The number of hydrogen-bond acceptors (Lipinski definition) is 3. The van der Waals surface area contributed by atoms with Crippen molar-refractivity contribution in [3.8, 4) is 0 Å². The maximum Gasteiger partial charge on any atom is 0.253 e. The van der Waals surface area contributed by atoms with Gasteiger partial charge in [0.05, 0.1) is 11.7 Å². The number of aliphatic hydroxyl groups excluding tert-OH is 1. The molecule has 2 fully saturated rings. The first kappa shape index (κ1) is 16.6. The van der Waals surface area contributed by atoms with Gasteiger partial charge in [0.25, 0.3) is 5.91 Å². The van der Waals surface area contributed by atoms with Gasteiger partial charge in [-0.1, -0.05) is 0 Å². The first-order valence-electron chi connectivity index (χ1n) is 9.20. The van der Waals surface area contributed by atoms with Crippen LogP contribution >= 0.6 is 0 Å². The van der Waals surface area contributed by atoms with Gasteiger partial charge in [0.1, 0.15) is 0 Å². The molecule has 1 spiro atoms. The molecule has 2 aliphatic heterocycles. The molecule has 1 unspecified atom stereocenters. The topological polar surface area (TPSA) is 65.6 Å². The number of aromatic amines is 1. The van der Waals surface area contributed by atoms with Crippen molar-refractivity contribution < 1.29 is 14.6 Å². The Hall–Kier alpha value is -1.85. The Morgan fingerprint density at radius 1 is 1.32 bits per heavy atom. The summed E-state index contributed by atoms with van der Waals surface area (Å²) in [5, 5.41) is 11.5. The number of nitrogens with zero attached hydrogens (tertiary/aromatic N) is 1. The molecule has 0 radical (unpaired) electrons. The minimum absolute atomic E-state index is 0.0697. The number of H-pyrrole nitrogens is 1. The molecule has 3 heterocycles. The van der Waals surface area contributed by atoms with Crippen LogP contribution in [0.4, 0.5) is 0 Å². The molecule has 5 heteroatoms. The Labute approximate surface area is 148 Å². The summed E-state index contributed by atoms with van der Waals surface area (Å²) >= 11 is 0. The number of aromatic nitrogens is 1. The molecule has 1 atom stereocenters. The molecule has 0 bridgehead atoms. The Bertz CT molecular complexity index is 803. The molecule has 0 aliphatic carbocycles. The zero-order valence-corrected chi connectivity index (χ0v) is 15.0. The summed E-state index contributed by atoms with van der Waals surface area (Å²) in [6.07, 6.45) is 2.74. The van der Waals surface area contributed by atoms with Gasteiger partial charge >= 0.3 is 0 Å². The van der Waals surface area contributed by atoms with E-state index in [1.165, 1.54) is 5.56 Å². The fourth-order valence-electron chi connectivity index (χ4n) is 4.25. The van der Waals surface area contributed by atoms with Crippen molar-refractivity contribution in [1.82, 2.24) is 9.88 Å². The Balaban J connectivity index is 1.51. The van der Waals surface area contributed by atoms with E-state index in [1.54, 1.807) is 0 Å². The molecular weight excluding hydrogens is 316 g/mol. The van der Waals surface area contributed by atoms with Gasteiger partial charge in [-0.15, -0.1) is 0 Å². The van der Waals surface area contributed by atoms with Crippen LogP contribution < -0.4 is 0 Å². The first-order valence-corrected chi connectivity index (χ1v) is 9.20. The van der Waals surface area contributed by atoms with Gasteiger partial charge in [0.2, 0.25) is 0 Å². The number of aliphatic hydroxyl groups is 1. The quantitative estimate of drug-likeness (QED) is 0.837. The minimum Gasteiger partial charge on any atom is -0.390 e. The summed E-state index contributed by atoms with van der Waals surface area (Å²) in [6, 6.07) is 5.88. The highest BCUT2D eigenvalue weighted by molar-refractivity contribution is 5.99. The van der Waals surface area contributed by atoms with Crippen molar-refractivity contribution in [2.45, 2.75) is 51.2 Å². The normalized spacial score (nSPS) is 23.3. The summed E-state index contributed by atoms with van der Waals surface area (Å²) in [6.45, 7) is 6.12. The van der Waals surface area contributed by atoms with Crippen LogP contribution in [-0.4, -0.2) is 52.3 Å². The average Bonchev–Trinajstić information content (AvgIpc) is 2.92. The number of amides is 1. The summed E-state index contributed by atoms with van der Waals surface area (Å²) < 4.78 is 5.94. The van der Waals surface area contributed by atoms with Crippen LogP contribution in [0.2, 0.25) is 0 Å². The van der Waals surface area contributed by atoms with Crippen LogP contribution in [0.3, 0.4) is 0 Å². The van der Waals surface area contributed by atoms with Gasteiger partial charge < -0.3 is 19.7 Å². The number of benzene rings is 1. The molecule has 1 amide bonds. The Morgan fingerprint density at radius 2 is 2.08 bits per heavy atom. The number of piperidine rings is 1. The second kappa shape index (κ2) is 6.15. The fraction of sp³-hybridized carbons (Fsp3) is 0.550. The molecule has 0 saturated carbocycles. The van der Waals surface area contributed by atoms with E-state index in [2.05, 4.69) is 18.8 Å². The van der Waals surface area contributed by atoms with Crippen LogP contribution in [-0.2, 0) is 4.74 Å². The Morgan fingerprint density at radius 3 is 2.80 bits per heavy atom. The number of nitrogens with one attached hydrogen (secondary N) is 1. The van der Waals surface area contributed by atoms with Crippen LogP contribution in [0.25, 0.3) is 10.9 Å². The number of ether oxygens (including phenoxy) is 1. The number of aryl methyl sites for hydroxylation is 2. The summed E-state index contributed by atoms with van der Waals surface area (Å²) in [5.41, 5.74) is 3.70. The zero-order valence-electron chi connectivity index (χ0n) is 15.0.